The lowest BCUT2D eigenvalue weighted by molar-refractivity contribution is -0.139. The van der Waals surface area contributed by atoms with Crippen molar-refractivity contribution >= 4 is 17.6 Å². The van der Waals surface area contributed by atoms with Crippen LogP contribution in [0.3, 0.4) is 0 Å². The SMILES string of the molecule is COC(=O)C1=C(C(=O)OC)N(c2ccc(F)c(C)c2C(F)(F)F)C=CC=C1. The Hall–Kier alpha value is -3.10. The van der Waals surface area contributed by atoms with Crippen molar-refractivity contribution in [2.75, 3.05) is 19.1 Å². The third kappa shape index (κ3) is 3.86. The van der Waals surface area contributed by atoms with Gasteiger partial charge in [-0.3, -0.25) is 0 Å². The summed E-state index contributed by atoms with van der Waals surface area (Å²) in [5, 5.41) is 0. The molecule has 5 nitrogen and oxygen atoms in total. The van der Waals surface area contributed by atoms with Crippen molar-refractivity contribution in [2.24, 2.45) is 0 Å². The van der Waals surface area contributed by atoms with Crippen LogP contribution in [0.1, 0.15) is 11.1 Å². The number of carbonyl (C=O) groups is 2. The molecular weight excluding hydrogens is 370 g/mol. The van der Waals surface area contributed by atoms with E-state index in [0.717, 1.165) is 44.4 Å². The zero-order valence-electron chi connectivity index (χ0n) is 14.6. The minimum atomic E-state index is -4.91. The van der Waals surface area contributed by atoms with E-state index in [2.05, 4.69) is 9.47 Å². The molecule has 0 bridgehead atoms. The number of halogens is 4. The minimum absolute atomic E-state index is 0.315. The average molecular weight is 385 g/mol. The second-order valence-corrected chi connectivity index (χ2v) is 5.38. The van der Waals surface area contributed by atoms with E-state index in [1.807, 2.05) is 0 Å². The van der Waals surface area contributed by atoms with Crippen molar-refractivity contribution in [3.63, 3.8) is 0 Å². The fraction of sp³-hybridized carbons (Fsp3) is 0.222. The van der Waals surface area contributed by atoms with Crippen LogP contribution in [0.15, 0.2) is 47.8 Å². The van der Waals surface area contributed by atoms with Gasteiger partial charge in [0.05, 0.1) is 31.0 Å². The Kier molecular flexibility index (Phi) is 5.72. The van der Waals surface area contributed by atoms with Gasteiger partial charge >= 0.3 is 18.1 Å². The van der Waals surface area contributed by atoms with Crippen molar-refractivity contribution in [2.45, 2.75) is 13.1 Å². The third-order valence-electron chi connectivity index (χ3n) is 3.81. The Morgan fingerprint density at radius 3 is 2.22 bits per heavy atom. The van der Waals surface area contributed by atoms with Crippen LogP contribution in [-0.2, 0) is 25.2 Å². The second-order valence-electron chi connectivity index (χ2n) is 5.38. The van der Waals surface area contributed by atoms with E-state index in [-0.39, 0.29) is 5.57 Å². The molecule has 0 saturated heterocycles. The predicted molar refractivity (Wildman–Crippen MR) is 88.0 cm³/mol. The number of esters is 2. The van der Waals surface area contributed by atoms with Gasteiger partial charge < -0.3 is 14.4 Å². The van der Waals surface area contributed by atoms with E-state index in [1.165, 1.54) is 18.2 Å². The van der Waals surface area contributed by atoms with Crippen molar-refractivity contribution in [3.05, 3.63) is 64.8 Å². The summed E-state index contributed by atoms with van der Waals surface area (Å²) in [6.45, 7) is 0.976. The summed E-state index contributed by atoms with van der Waals surface area (Å²) in [7, 11) is 2.07. The summed E-state index contributed by atoms with van der Waals surface area (Å²) in [4.78, 5) is 25.2. The van der Waals surface area contributed by atoms with Gasteiger partial charge in [-0.15, -0.1) is 0 Å². The maximum atomic E-state index is 13.8. The van der Waals surface area contributed by atoms with Crippen LogP contribution in [0.4, 0.5) is 23.2 Å². The van der Waals surface area contributed by atoms with Gasteiger partial charge in [-0.25, -0.2) is 14.0 Å². The van der Waals surface area contributed by atoms with Crippen LogP contribution in [0.2, 0.25) is 0 Å². The largest absolute Gasteiger partial charge is 0.465 e. The summed E-state index contributed by atoms with van der Waals surface area (Å²) < 4.78 is 63.9. The maximum Gasteiger partial charge on any atom is 0.418 e. The van der Waals surface area contributed by atoms with Gasteiger partial charge in [0.25, 0.3) is 0 Å². The van der Waals surface area contributed by atoms with E-state index in [1.54, 1.807) is 0 Å². The number of alkyl halides is 3. The number of rotatable bonds is 3. The van der Waals surface area contributed by atoms with Gasteiger partial charge in [-0.2, -0.15) is 13.2 Å². The summed E-state index contributed by atoms with van der Waals surface area (Å²) in [5.41, 5.74) is -3.27. The second kappa shape index (κ2) is 7.65. The standard InChI is InChI=1S/C18H15F4NO4/c1-10-12(19)7-8-13(14(10)18(20,21)22)23-9-5-4-6-11(16(24)26-2)15(23)17(25)27-3/h4-9H,1-3H3. The highest BCUT2D eigenvalue weighted by atomic mass is 19.4. The monoisotopic (exact) mass is 385 g/mol. The van der Waals surface area contributed by atoms with E-state index in [4.69, 9.17) is 0 Å². The van der Waals surface area contributed by atoms with Crippen molar-refractivity contribution in [1.29, 1.82) is 0 Å². The van der Waals surface area contributed by atoms with Crippen LogP contribution in [0.25, 0.3) is 0 Å². The minimum Gasteiger partial charge on any atom is -0.465 e. The molecule has 0 spiro atoms. The Morgan fingerprint density at radius 1 is 1.04 bits per heavy atom. The molecule has 0 aromatic heterocycles. The Morgan fingerprint density at radius 2 is 1.67 bits per heavy atom. The highest BCUT2D eigenvalue weighted by molar-refractivity contribution is 6.05. The Bertz CT molecular complexity index is 869. The molecule has 0 amide bonds. The molecule has 27 heavy (non-hydrogen) atoms. The number of ether oxygens (including phenoxy) is 2. The first-order chi connectivity index (χ1) is 12.6. The summed E-state index contributed by atoms with van der Waals surface area (Å²) in [5.74, 6) is -3.07. The smallest absolute Gasteiger partial charge is 0.418 e. The molecule has 144 valence electrons. The number of allylic oxidation sites excluding steroid dienone is 2. The quantitative estimate of drug-likeness (QED) is 0.587. The molecule has 1 heterocycles. The van der Waals surface area contributed by atoms with Crippen molar-refractivity contribution < 1.29 is 36.6 Å². The van der Waals surface area contributed by atoms with Gasteiger partial charge in [-0.05, 0) is 36.8 Å². The predicted octanol–water partition coefficient (Wildman–Crippen LogP) is 3.64. The molecule has 0 atom stereocenters. The molecule has 0 unspecified atom stereocenters. The highest BCUT2D eigenvalue weighted by Gasteiger charge is 2.39. The average Bonchev–Trinajstić information content (AvgIpc) is 2.84. The molecule has 2 rings (SSSR count). The summed E-state index contributed by atoms with van der Waals surface area (Å²) in [6, 6.07) is 1.72. The van der Waals surface area contributed by atoms with Crippen molar-refractivity contribution in [3.8, 4) is 0 Å². The lowest BCUT2D eigenvalue weighted by Gasteiger charge is -2.27. The number of carbonyl (C=O) groups excluding carboxylic acids is 2. The topological polar surface area (TPSA) is 55.8 Å². The molecule has 1 aromatic rings. The Balaban J connectivity index is 2.85. The van der Waals surface area contributed by atoms with Gasteiger partial charge in [-0.1, -0.05) is 6.08 Å². The molecular formula is C18H15F4NO4. The zero-order chi connectivity index (χ0) is 20.4. The number of hydrogen-bond donors (Lipinski definition) is 0. The third-order valence-corrected chi connectivity index (χ3v) is 3.81. The number of anilines is 1. The lowest BCUT2D eigenvalue weighted by Crippen LogP contribution is -2.29. The fourth-order valence-corrected chi connectivity index (χ4v) is 2.58. The molecule has 0 radical (unpaired) electrons. The van der Waals surface area contributed by atoms with Crippen LogP contribution >= 0.6 is 0 Å². The molecule has 1 aliphatic rings. The van der Waals surface area contributed by atoms with Gasteiger partial charge in [0.15, 0.2) is 0 Å². The molecule has 0 fully saturated rings. The molecule has 9 heteroatoms. The lowest BCUT2D eigenvalue weighted by atomic mass is 10.0. The van der Waals surface area contributed by atoms with E-state index < -0.39 is 46.4 Å². The Labute approximate surface area is 152 Å². The zero-order valence-corrected chi connectivity index (χ0v) is 14.6. The maximum absolute atomic E-state index is 13.8. The molecule has 1 aliphatic heterocycles. The first-order valence-corrected chi connectivity index (χ1v) is 7.54. The number of benzene rings is 1. The van der Waals surface area contributed by atoms with Crippen LogP contribution in [-0.4, -0.2) is 26.2 Å². The molecule has 0 saturated carbocycles. The van der Waals surface area contributed by atoms with Crippen LogP contribution in [0.5, 0.6) is 0 Å². The molecule has 0 N–H and O–H groups in total. The first kappa shape index (κ1) is 20.2. The van der Waals surface area contributed by atoms with Crippen LogP contribution < -0.4 is 4.90 Å². The van der Waals surface area contributed by atoms with Gasteiger partial charge in [0.1, 0.15) is 11.5 Å². The van der Waals surface area contributed by atoms with E-state index in [9.17, 15) is 27.2 Å². The summed E-state index contributed by atoms with van der Waals surface area (Å²) in [6.07, 6.45) is 0.0944. The van der Waals surface area contributed by atoms with Crippen molar-refractivity contribution in [1.82, 2.24) is 0 Å². The van der Waals surface area contributed by atoms with E-state index >= 15 is 0 Å². The van der Waals surface area contributed by atoms with E-state index in [0.29, 0.717) is 0 Å². The number of hydrogen-bond acceptors (Lipinski definition) is 5. The normalized spacial score (nSPS) is 14.3. The fourth-order valence-electron chi connectivity index (χ4n) is 2.58. The molecule has 0 aliphatic carbocycles. The van der Waals surface area contributed by atoms with Gasteiger partial charge in [0.2, 0.25) is 0 Å². The first-order valence-electron chi connectivity index (χ1n) is 7.54. The molecule has 1 aromatic carbocycles. The summed E-state index contributed by atoms with van der Waals surface area (Å²) >= 11 is 0. The van der Waals surface area contributed by atoms with Gasteiger partial charge in [0, 0.05) is 6.20 Å². The highest BCUT2D eigenvalue weighted by Crippen LogP contribution is 2.41. The number of methoxy groups -OCH3 is 2. The van der Waals surface area contributed by atoms with Crippen LogP contribution in [0, 0.1) is 12.7 Å². The number of nitrogens with zero attached hydrogens (tertiary/aromatic N) is 1.